The molecular weight excluding hydrogens is 554 g/mol. The highest BCUT2D eigenvalue weighted by Crippen LogP contribution is 2.36. The molecule has 1 heterocycles. The van der Waals surface area contributed by atoms with Crippen molar-refractivity contribution in [2.24, 2.45) is 5.73 Å². The smallest absolute Gasteiger partial charge is 0.383 e. The van der Waals surface area contributed by atoms with Crippen molar-refractivity contribution in [3.63, 3.8) is 0 Å². The number of benzene rings is 2. The Hall–Kier alpha value is -3.94. The van der Waals surface area contributed by atoms with E-state index in [-0.39, 0.29) is 33.5 Å². The summed E-state index contributed by atoms with van der Waals surface area (Å²) in [6.45, 7) is 4.91. The molecule has 3 rings (SSSR count). The van der Waals surface area contributed by atoms with Crippen LogP contribution in [0.4, 0.5) is 18.9 Å². The van der Waals surface area contributed by atoms with Gasteiger partial charge in [0.25, 0.3) is 11.8 Å². The standard InChI is InChI=1S/C27H24Cl2F3N5O2/c1-5-7-12-18(28)23(33)37-19(14-20(36-37)27(30,31)32)25(39)34-22-17(24(38)35-26(3,4)6-2)13-15-10-8-9-11-16(15)21(22)29/h2,5,7-11,13-14H,12,33H2,1,3-4H3,(H,34,39)(H,35,38)/b7-5-,23-18-. The fraction of sp³-hybridized carbons (Fsp3) is 0.222. The van der Waals surface area contributed by atoms with Crippen molar-refractivity contribution < 1.29 is 22.8 Å². The highest BCUT2D eigenvalue weighted by Gasteiger charge is 2.37. The second-order valence-electron chi connectivity index (χ2n) is 8.90. The Kier molecular flexibility index (Phi) is 8.68. The van der Waals surface area contributed by atoms with Crippen LogP contribution in [0.3, 0.4) is 0 Å². The van der Waals surface area contributed by atoms with Gasteiger partial charge in [-0.25, -0.2) is 4.68 Å². The molecule has 3 aromatic rings. The summed E-state index contributed by atoms with van der Waals surface area (Å²) in [6.07, 6.45) is 4.00. The highest BCUT2D eigenvalue weighted by atomic mass is 35.5. The number of alkyl halides is 3. The van der Waals surface area contributed by atoms with Crippen molar-refractivity contribution in [2.75, 3.05) is 5.32 Å². The Balaban J connectivity index is 2.18. The number of allylic oxidation sites excluding steroid dienone is 3. The van der Waals surface area contributed by atoms with Gasteiger partial charge in [0.05, 0.1) is 26.8 Å². The van der Waals surface area contributed by atoms with Crippen LogP contribution < -0.4 is 16.4 Å². The summed E-state index contributed by atoms with van der Waals surface area (Å²) in [7, 11) is 0. The lowest BCUT2D eigenvalue weighted by molar-refractivity contribution is -0.141. The lowest BCUT2D eigenvalue weighted by Crippen LogP contribution is -2.42. The van der Waals surface area contributed by atoms with E-state index < -0.39 is 34.9 Å². The number of hydrogen-bond donors (Lipinski definition) is 3. The van der Waals surface area contributed by atoms with Crippen molar-refractivity contribution in [2.45, 2.75) is 38.9 Å². The molecule has 2 aromatic carbocycles. The van der Waals surface area contributed by atoms with Crippen molar-refractivity contribution in [1.82, 2.24) is 15.1 Å². The van der Waals surface area contributed by atoms with E-state index in [1.54, 1.807) is 57.2 Å². The highest BCUT2D eigenvalue weighted by molar-refractivity contribution is 6.40. The van der Waals surface area contributed by atoms with E-state index in [1.807, 2.05) is 0 Å². The number of terminal acetylenes is 1. The molecule has 12 heteroatoms. The zero-order chi connectivity index (χ0) is 29.1. The van der Waals surface area contributed by atoms with Crippen LogP contribution in [0.25, 0.3) is 16.6 Å². The van der Waals surface area contributed by atoms with Crippen LogP contribution in [0.2, 0.25) is 5.02 Å². The largest absolute Gasteiger partial charge is 0.435 e. The number of carbonyl (C=O) groups excluding carboxylic acids is 2. The zero-order valence-electron chi connectivity index (χ0n) is 21.1. The number of halogens is 5. The van der Waals surface area contributed by atoms with Gasteiger partial charge in [-0.15, -0.1) is 6.42 Å². The summed E-state index contributed by atoms with van der Waals surface area (Å²) in [5.74, 6) is 0.316. The first-order valence-corrected chi connectivity index (χ1v) is 12.2. The number of anilines is 1. The molecule has 2 amide bonds. The summed E-state index contributed by atoms with van der Waals surface area (Å²) >= 11 is 12.8. The first-order valence-electron chi connectivity index (χ1n) is 11.5. The molecule has 0 unspecified atom stereocenters. The number of fused-ring (bicyclic) bond motifs is 1. The lowest BCUT2D eigenvalue weighted by Gasteiger charge is -2.22. The Bertz CT molecular complexity index is 1550. The van der Waals surface area contributed by atoms with Gasteiger partial charge in [0.2, 0.25) is 0 Å². The van der Waals surface area contributed by atoms with Crippen LogP contribution in [0, 0.1) is 12.3 Å². The van der Waals surface area contributed by atoms with Crippen molar-refractivity contribution in [3.8, 4) is 12.3 Å². The molecule has 204 valence electrons. The zero-order valence-corrected chi connectivity index (χ0v) is 22.6. The molecule has 0 radical (unpaired) electrons. The van der Waals surface area contributed by atoms with Crippen molar-refractivity contribution in [1.29, 1.82) is 0 Å². The summed E-state index contributed by atoms with van der Waals surface area (Å²) in [5, 5.41) is 9.60. The van der Waals surface area contributed by atoms with E-state index in [9.17, 15) is 22.8 Å². The number of rotatable bonds is 7. The molecule has 0 spiro atoms. The van der Waals surface area contributed by atoms with Gasteiger partial charge in [-0.2, -0.15) is 18.3 Å². The maximum atomic E-state index is 13.5. The first kappa shape index (κ1) is 29.6. The molecule has 0 saturated heterocycles. The van der Waals surface area contributed by atoms with E-state index in [2.05, 4.69) is 21.7 Å². The van der Waals surface area contributed by atoms with E-state index >= 15 is 0 Å². The van der Waals surface area contributed by atoms with Crippen LogP contribution in [0.5, 0.6) is 0 Å². The molecule has 0 saturated carbocycles. The fourth-order valence-corrected chi connectivity index (χ4v) is 3.97. The predicted octanol–water partition coefficient (Wildman–Crippen LogP) is 6.39. The fourth-order valence-electron chi connectivity index (χ4n) is 3.48. The average Bonchev–Trinajstić information content (AvgIpc) is 3.34. The molecule has 0 bridgehead atoms. The summed E-state index contributed by atoms with van der Waals surface area (Å²) in [4.78, 5) is 26.6. The Labute approximate surface area is 232 Å². The molecule has 1 aromatic heterocycles. The maximum Gasteiger partial charge on any atom is 0.435 e. The van der Waals surface area contributed by atoms with E-state index in [1.165, 1.54) is 6.07 Å². The minimum absolute atomic E-state index is 0.0122. The molecule has 0 aliphatic rings. The normalized spacial score (nSPS) is 12.8. The van der Waals surface area contributed by atoms with Crippen LogP contribution in [-0.2, 0) is 6.18 Å². The quantitative estimate of drug-likeness (QED) is 0.223. The molecule has 7 nitrogen and oxygen atoms in total. The third kappa shape index (κ3) is 6.56. The van der Waals surface area contributed by atoms with Gasteiger partial charge in [-0.1, -0.05) is 65.5 Å². The second-order valence-corrected chi connectivity index (χ2v) is 9.73. The number of amides is 2. The third-order valence-corrected chi connectivity index (χ3v) is 6.27. The Morgan fingerprint density at radius 2 is 1.87 bits per heavy atom. The monoisotopic (exact) mass is 577 g/mol. The topological polar surface area (TPSA) is 102 Å². The van der Waals surface area contributed by atoms with Crippen LogP contribution in [0.1, 0.15) is 53.7 Å². The summed E-state index contributed by atoms with van der Waals surface area (Å²) < 4.78 is 41.2. The Morgan fingerprint density at radius 3 is 2.49 bits per heavy atom. The Morgan fingerprint density at radius 1 is 1.21 bits per heavy atom. The first-order chi connectivity index (χ1) is 18.2. The number of nitrogens with two attached hydrogens (primary N) is 1. The predicted molar refractivity (Wildman–Crippen MR) is 147 cm³/mol. The van der Waals surface area contributed by atoms with Gasteiger partial charge >= 0.3 is 6.18 Å². The van der Waals surface area contributed by atoms with Gasteiger partial charge in [0.15, 0.2) is 5.69 Å². The van der Waals surface area contributed by atoms with Gasteiger partial charge < -0.3 is 16.4 Å². The van der Waals surface area contributed by atoms with E-state index in [0.29, 0.717) is 21.5 Å². The minimum Gasteiger partial charge on any atom is -0.383 e. The molecule has 0 aliphatic heterocycles. The van der Waals surface area contributed by atoms with Gasteiger partial charge in [0.1, 0.15) is 11.5 Å². The van der Waals surface area contributed by atoms with Gasteiger partial charge in [-0.05, 0) is 32.2 Å². The van der Waals surface area contributed by atoms with Crippen LogP contribution >= 0.6 is 23.2 Å². The van der Waals surface area contributed by atoms with Crippen LogP contribution in [0.15, 0.2) is 53.6 Å². The van der Waals surface area contributed by atoms with Crippen molar-refractivity contribution >= 4 is 57.3 Å². The maximum absolute atomic E-state index is 13.5. The summed E-state index contributed by atoms with van der Waals surface area (Å²) in [6, 6.07) is 8.81. The third-order valence-electron chi connectivity index (χ3n) is 5.53. The number of nitrogens with zero attached hydrogens (tertiary/aromatic N) is 2. The number of hydrogen-bond acceptors (Lipinski definition) is 4. The summed E-state index contributed by atoms with van der Waals surface area (Å²) in [5.41, 5.74) is 2.77. The molecule has 0 aliphatic carbocycles. The average molecular weight is 578 g/mol. The number of aromatic nitrogens is 2. The second kappa shape index (κ2) is 11.4. The van der Waals surface area contributed by atoms with Gasteiger partial charge in [0, 0.05) is 17.9 Å². The SMILES string of the molecule is C#CC(C)(C)NC(=O)c1cc2ccccc2c(Cl)c1NC(=O)c1cc(C(F)(F)F)nn1/C(N)=C(\Cl)C/C=C\C. The van der Waals surface area contributed by atoms with Crippen LogP contribution in [-0.4, -0.2) is 27.1 Å². The van der Waals surface area contributed by atoms with Crippen molar-refractivity contribution in [3.05, 3.63) is 75.6 Å². The molecule has 39 heavy (non-hydrogen) atoms. The molecule has 0 atom stereocenters. The molecule has 0 fully saturated rings. The van der Waals surface area contributed by atoms with E-state index in [0.717, 1.165) is 0 Å². The lowest BCUT2D eigenvalue weighted by atomic mass is 10.0. The number of carbonyl (C=O) groups is 2. The van der Waals surface area contributed by atoms with E-state index in [4.69, 9.17) is 35.4 Å². The number of nitrogens with one attached hydrogen (secondary N) is 2. The molecular formula is C27H24Cl2F3N5O2. The minimum atomic E-state index is -4.89. The van der Waals surface area contributed by atoms with Gasteiger partial charge in [-0.3, -0.25) is 9.59 Å². The molecule has 4 N–H and O–H groups in total.